The molecule has 7 heteroatoms. The minimum Gasteiger partial charge on any atom is -0.444 e. The minimum atomic E-state index is -0.645. The number of piperidine rings is 1. The number of carbonyl (C=O) groups is 3. The number of rotatable bonds is 0. The summed E-state index contributed by atoms with van der Waals surface area (Å²) in [7, 11) is 0. The largest absolute Gasteiger partial charge is 0.444 e. The van der Waals surface area contributed by atoms with Crippen LogP contribution in [0.5, 0.6) is 0 Å². The van der Waals surface area contributed by atoms with Crippen LogP contribution in [0.25, 0.3) is 0 Å². The lowest BCUT2D eigenvalue weighted by Crippen LogP contribution is -2.46. The average Bonchev–Trinajstić information content (AvgIpc) is 2.72. The molecular formula is C17H28N2O5. The second kappa shape index (κ2) is 6.26. The Kier molecular flexibility index (Phi) is 4.84. The zero-order valence-corrected chi connectivity index (χ0v) is 15.4. The molecule has 3 amide bonds. The first-order valence-corrected chi connectivity index (χ1v) is 8.40. The monoisotopic (exact) mass is 340 g/mol. The maximum atomic E-state index is 12.5. The van der Waals surface area contributed by atoms with Crippen LogP contribution in [0, 0.1) is 11.8 Å². The van der Waals surface area contributed by atoms with Gasteiger partial charge in [0, 0.05) is 31.5 Å². The highest BCUT2D eigenvalue weighted by molar-refractivity contribution is 5.95. The van der Waals surface area contributed by atoms with Gasteiger partial charge in [-0.05, 0) is 48.0 Å². The molecule has 24 heavy (non-hydrogen) atoms. The molecule has 0 aromatic carbocycles. The van der Waals surface area contributed by atoms with E-state index >= 15 is 0 Å². The Hall–Kier alpha value is -1.79. The van der Waals surface area contributed by atoms with E-state index < -0.39 is 17.3 Å². The number of fused-ring (bicyclic) bond motifs is 1. The van der Waals surface area contributed by atoms with E-state index in [-0.39, 0.29) is 30.4 Å². The third-order valence-corrected chi connectivity index (χ3v) is 4.00. The lowest BCUT2D eigenvalue weighted by atomic mass is 9.88. The number of imide groups is 1. The number of nitrogens with zero attached hydrogens (tertiary/aromatic N) is 2. The van der Waals surface area contributed by atoms with Crippen LogP contribution in [0.15, 0.2) is 0 Å². The Morgan fingerprint density at radius 1 is 0.958 bits per heavy atom. The second-order valence-electron chi connectivity index (χ2n) is 8.51. The van der Waals surface area contributed by atoms with Crippen molar-refractivity contribution < 1.29 is 23.9 Å². The van der Waals surface area contributed by atoms with E-state index in [9.17, 15) is 14.4 Å². The molecule has 2 aliphatic heterocycles. The molecule has 136 valence electrons. The highest BCUT2D eigenvalue weighted by atomic mass is 16.6. The van der Waals surface area contributed by atoms with Crippen molar-refractivity contribution in [2.45, 2.75) is 59.2 Å². The van der Waals surface area contributed by atoms with Crippen LogP contribution in [0.3, 0.4) is 0 Å². The molecule has 0 N–H and O–H groups in total. The summed E-state index contributed by atoms with van der Waals surface area (Å²) >= 11 is 0. The van der Waals surface area contributed by atoms with Crippen LogP contribution in [0.1, 0.15) is 48.0 Å². The molecule has 2 aliphatic rings. The Morgan fingerprint density at radius 2 is 1.50 bits per heavy atom. The Bertz CT molecular complexity index is 532. The SMILES string of the molecule is CC(C)(C)OC(=O)N1CC[C@@H]2C(=O)N(C(=O)OC(C)(C)C)C[C@@H]2C1. The summed E-state index contributed by atoms with van der Waals surface area (Å²) in [5, 5.41) is 0. The van der Waals surface area contributed by atoms with E-state index in [2.05, 4.69) is 0 Å². The van der Waals surface area contributed by atoms with Crippen molar-refractivity contribution in [1.29, 1.82) is 0 Å². The molecule has 0 aromatic rings. The van der Waals surface area contributed by atoms with Crippen LogP contribution in [0.4, 0.5) is 9.59 Å². The summed E-state index contributed by atoms with van der Waals surface area (Å²) in [4.78, 5) is 39.7. The van der Waals surface area contributed by atoms with Gasteiger partial charge in [0.05, 0.1) is 0 Å². The van der Waals surface area contributed by atoms with Gasteiger partial charge in [0.25, 0.3) is 0 Å². The first-order chi connectivity index (χ1) is 10.9. The third-order valence-electron chi connectivity index (χ3n) is 4.00. The van der Waals surface area contributed by atoms with Crippen LogP contribution in [-0.4, -0.2) is 58.7 Å². The number of ether oxygens (including phenoxy) is 2. The van der Waals surface area contributed by atoms with Gasteiger partial charge in [0.15, 0.2) is 0 Å². The van der Waals surface area contributed by atoms with Crippen LogP contribution < -0.4 is 0 Å². The van der Waals surface area contributed by atoms with Crippen molar-refractivity contribution in [1.82, 2.24) is 9.80 Å². The quantitative estimate of drug-likeness (QED) is 0.677. The van der Waals surface area contributed by atoms with E-state index in [0.29, 0.717) is 19.5 Å². The molecule has 0 aliphatic carbocycles. The summed E-state index contributed by atoms with van der Waals surface area (Å²) in [6.07, 6.45) is -0.433. The zero-order chi connectivity index (χ0) is 18.3. The average molecular weight is 340 g/mol. The third kappa shape index (κ3) is 4.39. The van der Waals surface area contributed by atoms with Crippen LogP contribution in [-0.2, 0) is 14.3 Å². The molecule has 0 aromatic heterocycles. The molecule has 2 heterocycles. The van der Waals surface area contributed by atoms with Crippen LogP contribution >= 0.6 is 0 Å². The molecule has 7 nitrogen and oxygen atoms in total. The van der Waals surface area contributed by atoms with Gasteiger partial charge in [-0.2, -0.15) is 0 Å². The molecule has 0 bridgehead atoms. The minimum absolute atomic E-state index is 0.0636. The molecule has 2 saturated heterocycles. The fourth-order valence-electron chi connectivity index (χ4n) is 3.04. The zero-order valence-electron chi connectivity index (χ0n) is 15.4. The lowest BCUT2D eigenvalue weighted by Gasteiger charge is -2.34. The van der Waals surface area contributed by atoms with E-state index in [1.165, 1.54) is 4.90 Å². The molecule has 0 unspecified atom stereocenters. The highest BCUT2D eigenvalue weighted by Crippen LogP contribution is 2.33. The molecule has 0 spiro atoms. The topological polar surface area (TPSA) is 76.2 Å². The molecule has 2 atom stereocenters. The van der Waals surface area contributed by atoms with Gasteiger partial charge in [0.1, 0.15) is 11.2 Å². The lowest BCUT2D eigenvalue weighted by molar-refractivity contribution is -0.131. The maximum absolute atomic E-state index is 12.5. The van der Waals surface area contributed by atoms with Crippen molar-refractivity contribution in [2.75, 3.05) is 19.6 Å². The van der Waals surface area contributed by atoms with Gasteiger partial charge in [-0.1, -0.05) is 0 Å². The summed E-state index contributed by atoms with van der Waals surface area (Å²) in [5.74, 6) is -0.486. The molecule has 2 rings (SSSR count). The molecule has 0 saturated carbocycles. The number of hydrogen-bond donors (Lipinski definition) is 0. The van der Waals surface area contributed by atoms with Gasteiger partial charge in [-0.25, -0.2) is 14.5 Å². The normalized spacial score (nSPS) is 24.7. The standard InChI is InChI=1S/C17H28N2O5/c1-16(2,3)23-14(21)18-8-7-12-11(9-18)10-19(13(12)20)15(22)24-17(4,5)6/h11-12H,7-10H2,1-6H3/t11-,12-/m0/s1. The molecule has 2 fully saturated rings. The highest BCUT2D eigenvalue weighted by Gasteiger charge is 2.47. The Balaban J connectivity index is 2.00. The second-order valence-corrected chi connectivity index (χ2v) is 8.51. The van der Waals surface area contributed by atoms with Gasteiger partial charge in [-0.3, -0.25) is 4.79 Å². The van der Waals surface area contributed by atoms with Gasteiger partial charge in [-0.15, -0.1) is 0 Å². The Morgan fingerprint density at radius 3 is 2.04 bits per heavy atom. The summed E-state index contributed by atoms with van der Waals surface area (Å²) < 4.78 is 10.7. The van der Waals surface area contributed by atoms with Gasteiger partial charge >= 0.3 is 12.2 Å². The summed E-state index contributed by atoms with van der Waals surface area (Å²) in [5.41, 5.74) is -1.20. The van der Waals surface area contributed by atoms with E-state index in [4.69, 9.17) is 9.47 Å². The molecule has 0 radical (unpaired) electrons. The number of amides is 3. The maximum Gasteiger partial charge on any atom is 0.417 e. The van der Waals surface area contributed by atoms with Crippen molar-refractivity contribution in [2.24, 2.45) is 11.8 Å². The number of hydrogen-bond acceptors (Lipinski definition) is 5. The predicted octanol–water partition coefficient (Wildman–Crippen LogP) is 2.64. The van der Waals surface area contributed by atoms with Crippen molar-refractivity contribution in [3.05, 3.63) is 0 Å². The predicted molar refractivity (Wildman–Crippen MR) is 87.4 cm³/mol. The fraction of sp³-hybridized carbons (Fsp3) is 0.824. The van der Waals surface area contributed by atoms with Crippen molar-refractivity contribution in [3.63, 3.8) is 0 Å². The summed E-state index contributed by atoms with van der Waals surface area (Å²) in [6, 6.07) is 0. The van der Waals surface area contributed by atoms with E-state index in [1.807, 2.05) is 20.8 Å². The van der Waals surface area contributed by atoms with E-state index in [1.54, 1.807) is 25.7 Å². The Labute approximate surface area is 143 Å². The smallest absolute Gasteiger partial charge is 0.417 e. The summed E-state index contributed by atoms with van der Waals surface area (Å²) in [6.45, 7) is 11.9. The number of carbonyl (C=O) groups excluding carboxylic acids is 3. The first kappa shape index (κ1) is 18.5. The van der Waals surface area contributed by atoms with Gasteiger partial charge < -0.3 is 14.4 Å². The molecular weight excluding hydrogens is 312 g/mol. The fourth-order valence-corrected chi connectivity index (χ4v) is 3.04. The van der Waals surface area contributed by atoms with Crippen molar-refractivity contribution in [3.8, 4) is 0 Å². The van der Waals surface area contributed by atoms with Crippen molar-refractivity contribution >= 4 is 18.1 Å². The first-order valence-electron chi connectivity index (χ1n) is 8.40. The van der Waals surface area contributed by atoms with Gasteiger partial charge in [0.2, 0.25) is 5.91 Å². The van der Waals surface area contributed by atoms with Crippen LogP contribution in [0.2, 0.25) is 0 Å². The van der Waals surface area contributed by atoms with E-state index in [0.717, 1.165) is 0 Å². The number of likely N-dealkylation sites (tertiary alicyclic amines) is 2.